The van der Waals surface area contributed by atoms with Crippen LogP contribution in [0, 0.1) is 13.8 Å². The summed E-state index contributed by atoms with van der Waals surface area (Å²) in [6.45, 7) is 13.4. The van der Waals surface area contributed by atoms with Crippen molar-refractivity contribution in [3.8, 4) is 0 Å². The van der Waals surface area contributed by atoms with Gasteiger partial charge in [0.05, 0.1) is 5.52 Å². The Hall–Kier alpha value is -1.77. The summed E-state index contributed by atoms with van der Waals surface area (Å²) >= 11 is 0. The van der Waals surface area contributed by atoms with Gasteiger partial charge in [-0.15, -0.1) is 0 Å². The fraction of sp³-hybridized carbons (Fsp3) is 0.421. The highest BCUT2D eigenvalue weighted by Gasteiger charge is 2.17. The second-order valence-electron chi connectivity index (χ2n) is 7.21. The Bertz CT molecular complexity index is 844. The van der Waals surface area contributed by atoms with Crippen molar-refractivity contribution < 1.29 is 0 Å². The molecule has 0 radical (unpaired) electrons. The normalized spacial score (nSPS) is 12.0. The molecule has 2 aromatic heterocycles. The van der Waals surface area contributed by atoms with Crippen molar-refractivity contribution >= 4 is 34.8 Å². The summed E-state index contributed by atoms with van der Waals surface area (Å²) < 4.78 is 2.40. The molecule has 0 aliphatic rings. The zero-order valence-electron chi connectivity index (χ0n) is 14.6. The quantitative estimate of drug-likeness (QED) is 0.659. The van der Waals surface area contributed by atoms with E-state index in [0.29, 0.717) is 11.9 Å². The van der Waals surface area contributed by atoms with Gasteiger partial charge in [-0.3, -0.25) is 0 Å². The molecule has 0 aliphatic carbocycles. The van der Waals surface area contributed by atoms with Crippen molar-refractivity contribution in [3.05, 3.63) is 35.4 Å². The lowest BCUT2D eigenvalue weighted by Crippen LogP contribution is -2.22. The van der Waals surface area contributed by atoms with E-state index in [1.165, 1.54) is 33.0 Å². The number of rotatable bonds is 3. The van der Waals surface area contributed by atoms with Gasteiger partial charge < -0.3 is 4.57 Å². The maximum absolute atomic E-state index is 5.03. The standard InChI is InChI=1S/C19H25BN2/c1-11(2)20-17-10-14(6)18-15-8-7-13(5)9-16(15)22(12(3)4)19(18)21-17/h7-12,20H,1-6H3. The van der Waals surface area contributed by atoms with E-state index >= 15 is 0 Å². The van der Waals surface area contributed by atoms with Gasteiger partial charge in [0.15, 0.2) is 7.28 Å². The van der Waals surface area contributed by atoms with Crippen LogP contribution in [0.15, 0.2) is 24.3 Å². The summed E-state index contributed by atoms with van der Waals surface area (Å²) in [6.07, 6.45) is 0. The number of pyridine rings is 1. The highest BCUT2D eigenvalue weighted by Crippen LogP contribution is 2.32. The fourth-order valence-corrected chi connectivity index (χ4v) is 3.44. The molecule has 0 aliphatic heterocycles. The molecule has 2 nitrogen and oxygen atoms in total. The monoisotopic (exact) mass is 292 g/mol. The zero-order chi connectivity index (χ0) is 16.0. The first-order chi connectivity index (χ1) is 10.4. The third-order valence-electron chi connectivity index (χ3n) is 4.29. The second-order valence-corrected chi connectivity index (χ2v) is 7.21. The van der Waals surface area contributed by atoms with Crippen LogP contribution in [0.5, 0.6) is 0 Å². The second kappa shape index (κ2) is 5.46. The van der Waals surface area contributed by atoms with Gasteiger partial charge in [-0.2, -0.15) is 0 Å². The van der Waals surface area contributed by atoms with Gasteiger partial charge in [0.25, 0.3) is 0 Å². The maximum Gasteiger partial charge on any atom is 0.185 e. The van der Waals surface area contributed by atoms with Gasteiger partial charge in [0.1, 0.15) is 5.65 Å². The topological polar surface area (TPSA) is 17.8 Å². The predicted molar refractivity (Wildman–Crippen MR) is 99.0 cm³/mol. The van der Waals surface area contributed by atoms with Crippen molar-refractivity contribution in [2.45, 2.75) is 53.4 Å². The van der Waals surface area contributed by atoms with Crippen molar-refractivity contribution in [2.75, 3.05) is 0 Å². The molecule has 0 bridgehead atoms. The van der Waals surface area contributed by atoms with E-state index in [1.54, 1.807) is 0 Å². The van der Waals surface area contributed by atoms with Crippen LogP contribution in [0.3, 0.4) is 0 Å². The molecule has 0 unspecified atom stereocenters. The summed E-state index contributed by atoms with van der Waals surface area (Å²) in [6, 6.07) is 9.42. The zero-order valence-corrected chi connectivity index (χ0v) is 14.6. The summed E-state index contributed by atoms with van der Waals surface area (Å²) in [7, 11) is 1.04. The van der Waals surface area contributed by atoms with Crippen molar-refractivity contribution in [3.63, 3.8) is 0 Å². The van der Waals surface area contributed by atoms with Crippen molar-refractivity contribution in [1.29, 1.82) is 0 Å². The van der Waals surface area contributed by atoms with Crippen LogP contribution in [-0.2, 0) is 0 Å². The lowest BCUT2D eigenvalue weighted by atomic mass is 9.63. The molecule has 3 aromatic rings. The molecular formula is C19H25BN2. The van der Waals surface area contributed by atoms with Crippen LogP contribution in [0.4, 0.5) is 0 Å². The molecule has 3 rings (SSSR count). The number of hydrogen-bond acceptors (Lipinski definition) is 1. The molecule has 0 amide bonds. The van der Waals surface area contributed by atoms with Crippen LogP contribution < -0.4 is 5.59 Å². The van der Waals surface area contributed by atoms with Gasteiger partial charge in [-0.05, 0) is 51.0 Å². The highest BCUT2D eigenvalue weighted by atomic mass is 15.1. The van der Waals surface area contributed by atoms with E-state index in [-0.39, 0.29) is 0 Å². The van der Waals surface area contributed by atoms with Gasteiger partial charge in [0, 0.05) is 22.4 Å². The first-order valence-electron chi connectivity index (χ1n) is 8.29. The number of benzene rings is 1. The average Bonchev–Trinajstić information content (AvgIpc) is 2.71. The number of fused-ring (bicyclic) bond motifs is 3. The minimum absolute atomic E-state index is 0.406. The van der Waals surface area contributed by atoms with E-state index in [1.807, 2.05) is 0 Å². The Morgan fingerprint density at radius 2 is 1.77 bits per heavy atom. The molecule has 0 spiro atoms. The molecule has 0 atom stereocenters. The molecular weight excluding hydrogens is 267 g/mol. The number of aryl methyl sites for hydroxylation is 2. The van der Waals surface area contributed by atoms with E-state index in [4.69, 9.17) is 4.98 Å². The molecule has 0 saturated carbocycles. The SMILES string of the molecule is Cc1ccc2c3c(C)cc(BC(C)C)nc3n(C(C)C)c2c1. The van der Waals surface area contributed by atoms with Gasteiger partial charge >= 0.3 is 0 Å². The van der Waals surface area contributed by atoms with Crippen LogP contribution in [0.1, 0.15) is 44.9 Å². The van der Waals surface area contributed by atoms with Gasteiger partial charge in [0.2, 0.25) is 0 Å². The largest absolute Gasteiger partial charge is 0.323 e. The number of aromatic nitrogens is 2. The van der Waals surface area contributed by atoms with Gasteiger partial charge in [-0.25, -0.2) is 4.98 Å². The molecule has 1 aromatic carbocycles. The number of hydrogen-bond donors (Lipinski definition) is 0. The fourth-order valence-electron chi connectivity index (χ4n) is 3.44. The maximum atomic E-state index is 5.03. The van der Waals surface area contributed by atoms with E-state index in [2.05, 4.69) is 70.4 Å². The minimum Gasteiger partial charge on any atom is -0.323 e. The summed E-state index contributed by atoms with van der Waals surface area (Å²) in [4.78, 5) is 5.03. The van der Waals surface area contributed by atoms with Crippen LogP contribution >= 0.6 is 0 Å². The lowest BCUT2D eigenvalue weighted by molar-refractivity contribution is 0.637. The lowest BCUT2D eigenvalue weighted by Gasteiger charge is -2.12. The first kappa shape index (κ1) is 15.1. The third-order valence-corrected chi connectivity index (χ3v) is 4.29. The molecule has 0 N–H and O–H groups in total. The Morgan fingerprint density at radius 3 is 2.41 bits per heavy atom. The molecule has 2 heterocycles. The first-order valence-corrected chi connectivity index (χ1v) is 8.29. The van der Waals surface area contributed by atoms with Gasteiger partial charge in [-0.1, -0.05) is 31.8 Å². The highest BCUT2D eigenvalue weighted by molar-refractivity contribution is 6.54. The summed E-state index contributed by atoms with van der Waals surface area (Å²) in [5.41, 5.74) is 6.31. The van der Waals surface area contributed by atoms with E-state index in [0.717, 1.165) is 12.9 Å². The van der Waals surface area contributed by atoms with Crippen LogP contribution in [-0.4, -0.2) is 16.8 Å². The third kappa shape index (κ3) is 2.43. The Morgan fingerprint density at radius 1 is 1.05 bits per heavy atom. The molecule has 0 fully saturated rings. The van der Waals surface area contributed by atoms with Crippen LogP contribution in [0.25, 0.3) is 21.9 Å². The minimum atomic E-state index is 0.406. The van der Waals surface area contributed by atoms with E-state index < -0.39 is 0 Å². The number of nitrogens with zero attached hydrogens (tertiary/aromatic N) is 2. The predicted octanol–water partition coefficient (Wildman–Crippen LogP) is 4.28. The Balaban J connectivity index is 2.42. The molecule has 3 heteroatoms. The molecule has 22 heavy (non-hydrogen) atoms. The summed E-state index contributed by atoms with van der Waals surface area (Å²) in [5.74, 6) is 0.628. The van der Waals surface area contributed by atoms with Crippen molar-refractivity contribution in [1.82, 2.24) is 9.55 Å². The average molecular weight is 292 g/mol. The van der Waals surface area contributed by atoms with Crippen molar-refractivity contribution in [2.24, 2.45) is 0 Å². The molecule has 0 saturated heterocycles. The molecule has 114 valence electrons. The Kier molecular flexibility index (Phi) is 3.76. The van der Waals surface area contributed by atoms with Crippen LogP contribution in [0.2, 0.25) is 5.82 Å². The smallest absolute Gasteiger partial charge is 0.185 e. The van der Waals surface area contributed by atoms with E-state index in [9.17, 15) is 0 Å². The Labute approximate surface area is 133 Å². The summed E-state index contributed by atoms with van der Waals surface area (Å²) in [5, 5.41) is 2.65.